The minimum atomic E-state index is -0.483. The van der Waals surface area contributed by atoms with Crippen LogP contribution in [0.2, 0.25) is 0 Å². The van der Waals surface area contributed by atoms with Crippen LogP contribution in [0.5, 0.6) is 0 Å². The van der Waals surface area contributed by atoms with Crippen LogP contribution < -0.4 is 5.32 Å². The van der Waals surface area contributed by atoms with E-state index in [2.05, 4.69) is 10.3 Å². The largest absolute Gasteiger partial charge is 0.469 e. The van der Waals surface area contributed by atoms with E-state index < -0.39 is 6.10 Å². The van der Waals surface area contributed by atoms with Gasteiger partial charge in [-0.3, -0.25) is 9.78 Å². The average Bonchev–Trinajstić information content (AvgIpc) is 2.46. The van der Waals surface area contributed by atoms with Crippen LogP contribution in [0.25, 0.3) is 10.9 Å². The van der Waals surface area contributed by atoms with E-state index in [1.54, 1.807) is 6.92 Å². The standard InChI is InChI=1S/C16H20N2O3/c1-10(19)9-17-16-12-6-4-5-7-14(12)18-11(2)13(16)8-15(20)21-3/h4-7,10,19H,8-9H2,1-3H3,(H,17,18). The van der Waals surface area contributed by atoms with Crippen molar-refractivity contribution in [1.82, 2.24) is 4.98 Å². The zero-order chi connectivity index (χ0) is 15.4. The van der Waals surface area contributed by atoms with Crippen molar-refractivity contribution in [3.8, 4) is 0 Å². The van der Waals surface area contributed by atoms with Gasteiger partial charge >= 0.3 is 5.97 Å². The number of ether oxygens (including phenoxy) is 1. The number of carbonyl (C=O) groups excluding carboxylic acids is 1. The molecule has 0 amide bonds. The Morgan fingerprint density at radius 2 is 2.14 bits per heavy atom. The number of aliphatic hydroxyl groups is 1. The van der Waals surface area contributed by atoms with Gasteiger partial charge in [-0.25, -0.2) is 0 Å². The number of carbonyl (C=O) groups is 1. The molecular weight excluding hydrogens is 268 g/mol. The van der Waals surface area contributed by atoms with Crippen molar-refractivity contribution in [2.45, 2.75) is 26.4 Å². The van der Waals surface area contributed by atoms with E-state index in [9.17, 15) is 9.90 Å². The molecule has 0 fully saturated rings. The monoisotopic (exact) mass is 288 g/mol. The number of esters is 1. The van der Waals surface area contributed by atoms with Gasteiger partial charge in [0.05, 0.1) is 25.2 Å². The van der Waals surface area contributed by atoms with Gasteiger partial charge in [-0.1, -0.05) is 18.2 Å². The van der Waals surface area contributed by atoms with Crippen molar-refractivity contribution in [1.29, 1.82) is 0 Å². The molecule has 0 radical (unpaired) electrons. The fraction of sp³-hybridized carbons (Fsp3) is 0.375. The van der Waals surface area contributed by atoms with Gasteiger partial charge in [0.15, 0.2) is 0 Å². The first-order valence-electron chi connectivity index (χ1n) is 6.90. The highest BCUT2D eigenvalue weighted by Gasteiger charge is 2.16. The molecule has 112 valence electrons. The number of rotatable bonds is 5. The lowest BCUT2D eigenvalue weighted by Crippen LogP contribution is -2.18. The first-order valence-corrected chi connectivity index (χ1v) is 6.90. The molecule has 21 heavy (non-hydrogen) atoms. The van der Waals surface area contributed by atoms with Gasteiger partial charge in [-0.2, -0.15) is 0 Å². The Morgan fingerprint density at radius 3 is 2.81 bits per heavy atom. The maximum absolute atomic E-state index is 11.6. The van der Waals surface area contributed by atoms with Crippen molar-refractivity contribution in [3.63, 3.8) is 0 Å². The number of nitrogens with one attached hydrogen (secondary N) is 1. The number of methoxy groups -OCH3 is 1. The third-order valence-electron chi connectivity index (χ3n) is 3.32. The number of anilines is 1. The van der Waals surface area contributed by atoms with Crippen molar-refractivity contribution >= 4 is 22.6 Å². The predicted molar refractivity (Wildman–Crippen MR) is 82.4 cm³/mol. The van der Waals surface area contributed by atoms with E-state index >= 15 is 0 Å². The Bertz CT molecular complexity index is 653. The lowest BCUT2D eigenvalue weighted by atomic mass is 10.0. The van der Waals surface area contributed by atoms with Gasteiger partial charge in [0.25, 0.3) is 0 Å². The topological polar surface area (TPSA) is 71.5 Å². The molecule has 0 aliphatic heterocycles. The van der Waals surface area contributed by atoms with E-state index in [0.717, 1.165) is 27.8 Å². The Hall–Kier alpha value is -2.14. The molecule has 1 aromatic heterocycles. The maximum Gasteiger partial charge on any atom is 0.310 e. The molecule has 1 aromatic carbocycles. The van der Waals surface area contributed by atoms with Crippen molar-refractivity contribution in [2.24, 2.45) is 0 Å². The molecule has 5 heteroatoms. The lowest BCUT2D eigenvalue weighted by molar-refractivity contribution is -0.139. The number of hydrogen-bond donors (Lipinski definition) is 2. The van der Waals surface area contributed by atoms with Crippen LogP contribution >= 0.6 is 0 Å². The molecule has 2 aromatic rings. The summed E-state index contributed by atoms with van der Waals surface area (Å²) in [4.78, 5) is 16.2. The van der Waals surface area contributed by atoms with Crippen LogP contribution in [0, 0.1) is 6.92 Å². The molecule has 2 N–H and O–H groups in total. The third-order valence-corrected chi connectivity index (χ3v) is 3.32. The summed E-state index contributed by atoms with van der Waals surface area (Å²) < 4.78 is 4.76. The number of para-hydroxylation sites is 1. The molecule has 1 heterocycles. The predicted octanol–water partition coefficient (Wildman–Crippen LogP) is 2.05. The second-order valence-corrected chi connectivity index (χ2v) is 5.05. The van der Waals surface area contributed by atoms with Crippen molar-refractivity contribution in [3.05, 3.63) is 35.5 Å². The Kier molecular flexibility index (Phi) is 4.75. The summed E-state index contributed by atoms with van der Waals surface area (Å²) in [6.07, 6.45) is -0.328. The Morgan fingerprint density at radius 1 is 1.43 bits per heavy atom. The SMILES string of the molecule is COC(=O)Cc1c(C)nc2ccccc2c1NCC(C)O. The van der Waals surface area contributed by atoms with Gasteiger partial charge in [0, 0.05) is 28.9 Å². The van der Waals surface area contributed by atoms with Gasteiger partial charge in [0.2, 0.25) is 0 Å². The van der Waals surface area contributed by atoms with E-state index in [0.29, 0.717) is 6.54 Å². The second-order valence-electron chi connectivity index (χ2n) is 5.05. The molecule has 0 aliphatic rings. The second kappa shape index (κ2) is 6.54. The molecule has 2 rings (SSSR count). The molecule has 0 aliphatic carbocycles. The fourth-order valence-electron chi connectivity index (χ4n) is 2.26. The normalized spacial score (nSPS) is 12.2. The van der Waals surface area contributed by atoms with Crippen molar-refractivity contribution < 1.29 is 14.6 Å². The first kappa shape index (κ1) is 15.3. The van der Waals surface area contributed by atoms with E-state index in [-0.39, 0.29) is 12.4 Å². The van der Waals surface area contributed by atoms with Crippen LogP contribution in [0.15, 0.2) is 24.3 Å². The summed E-state index contributed by atoms with van der Waals surface area (Å²) in [7, 11) is 1.37. The minimum absolute atomic E-state index is 0.155. The Labute approximate surface area is 124 Å². The van der Waals surface area contributed by atoms with Gasteiger partial charge in [-0.15, -0.1) is 0 Å². The molecule has 0 saturated heterocycles. The van der Waals surface area contributed by atoms with E-state index in [1.165, 1.54) is 7.11 Å². The smallest absolute Gasteiger partial charge is 0.310 e. The summed E-state index contributed by atoms with van der Waals surface area (Å²) in [5, 5.41) is 13.7. The number of benzene rings is 1. The van der Waals surface area contributed by atoms with Gasteiger partial charge < -0.3 is 15.2 Å². The minimum Gasteiger partial charge on any atom is -0.469 e. The third kappa shape index (κ3) is 3.49. The summed E-state index contributed by atoms with van der Waals surface area (Å²) in [6.45, 7) is 3.99. The summed E-state index contributed by atoms with van der Waals surface area (Å²) in [5.41, 5.74) is 3.29. The fourth-order valence-corrected chi connectivity index (χ4v) is 2.26. The summed E-state index contributed by atoms with van der Waals surface area (Å²) >= 11 is 0. The lowest BCUT2D eigenvalue weighted by Gasteiger charge is -2.17. The number of hydrogen-bond acceptors (Lipinski definition) is 5. The number of aliphatic hydroxyl groups excluding tert-OH is 1. The number of aromatic nitrogens is 1. The Balaban J connectivity index is 2.54. The van der Waals surface area contributed by atoms with Crippen LogP contribution in [0.1, 0.15) is 18.2 Å². The van der Waals surface area contributed by atoms with E-state index in [1.807, 2.05) is 31.2 Å². The summed E-state index contributed by atoms with van der Waals surface area (Å²) in [6, 6.07) is 7.73. The average molecular weight is 288 g/mol. The van der Waals surface area contributed by atoms with Crippen LogP contribution in [0.3, 0.4) is 0 Å². The number of aryl methyl sites for hydroxylation is 1. The maximum atomic E-state index is 11.6. The molecule has 0 saturated carbocycles. The quantitative estimate of drug-likeness (QED) is 0.824. The number of pyridine rings is 1. The zero-order valence-corrected chi connectivity index (χ0v) is 12.5. The molecule has 0 spiro atoms. The van der Waals surface area contributed by atoms with Crippen LogP contribution in [0.4, 0.5) is 5.69 Å². The van der Waals surface area contributed by atoms with Crippen molar-refractivity contribution in [2.75, 3.05) is 19.0 Å². The first-order chi connectivity index (χ1) is 10.0. The highest BCUT2D eigenvalue weighted by atomic mass is 16.5. The van der Waals surface area contributed by atoms with Crippen LogP contribution in [-0.2, 0) is 16.0 Å². The molecule has 0 bridgehead atoms. The van der Waals surface area contributed by atoms with E-state index in [4.69, 9.17) is 4.74 Å². The summed E-state index contributed by atoms with van der Waals surface area (Å²) in [5.74, 6) is -0.310. The van der Waals surface area contributed by atoms with Gasteiger partial charge in [-0.05, 0) is 19.9 Å². The van der Waals surface area contributed by atoms with Crippen LogP contribution in [-0.4, -0.2) is 35.8 Å². The van der Waals surface area contributed by atoms with Gasteiger partial charge in [0.1, 0.15) is 0 Å². The zero-order valence-electron chi connectivity index (χ0n) is 12.5. The molecular formula is C16H20N2O3. The number of fused-ring (bicyclic) bond motifs is 1. The molecule has 1 atom stereocenters. The highest BCUT2D eigenvalue weighted by molar-refractivity contribution is 5.95. The highest BCUT2D eigenvalue weighted by Crippen LogP contribution is 2.29. The molecule has 5 nitrogen and oxygen atoms in total. The molecule has 1 unspecified atom stereocenters. The number of nitrogens with zero attached hydrogens (tertiary/aromatic N) is 1.